The molecule has 0 spiro atoms. The second kappa shape index (κ2) is 7.32. The fourth-order valence-electron chi connectivity index (χ4n) is 2.79. The molecule has 0 N–H and O–H groups in total. The first-order chi connectivity index (χ1) is 11.6. The SMILES string of the molecule is COc1ccc(N2CCN(C(=O)c3cc(Cl)ccc3Cl)CC2)cc1. The molecule has 0 aromatic heterocycles. The van der Waals surface area contributed by atoms with Crippen molar-refractivity contribution in [2.45, 2.75) is 0 Å². The second-order valence-corrected chi connectivity index (χ2v) is 6.45. The zero-order valence-electron chi connectivity index (χ0n) is 13.3. The number of nitrogens with zero attached hydrogens (tertiary/aromatic N) is 2. The minimum Gasteiger partial charge on any atom is -0.497 e. The van der Waals surface area contributed by atoms with Gasteiger partial charge in [0.15, 0.2) is 0 Å². The third kappa shape index (κ3) is 3.60. The Morgan fingerprint density at radius 1 is 1.00 bits per heavy atom. The molecule has 0 unspecified atom stereocenters. The van der Waals surface area contributed by atoms with Crippen molar-refractivity contribution in [3.05, 3.63) is 58.1 Å². The van der Waals surface area contributed by atoms with Crippen LogP contribution in [0.3, 0.4) is 0 Å². The van der Waals surface area contributed by atoms with Crippen LogP contribution in [0.25, 0.3) is 0 Å². The smallest absolute Gasteiger partial charge is 0.255 e. The van der Waals surface area contributed by atoms with Crippen molar-refractivity contribution in [2.24, 2.45) is 0 Å². The first kappa shape index (κ1) is 16.9. The standard InChI is InChI=1S/C18H18Cl2N2O2/c1-24-15-5-3-14(4-6-15)21-8-10-22(11-9-21)18(23)16-12-13(19)2-7-17(16)20/h2-7,12H,8-11H2,1H3. The average molecular weight is 365 g/mol. The van der Waals surface area contributed by atoms with Crippen LogP contribution in [0.5, 0.6) is 5.75 Å². The normalized spacial score (nSPS) is 14.6. The van der Waals surface area contributed by atoms with E-state index in [0.717, 1.165) is 24.5 Å². The summed E-state index contributed by atoms with van der Waals surface area (Å²) in [4.78, 5) is 16.7. The monoisotopic (exact) mass is 364 g/mol. The van der Waals surface area contributed by atoms with Gasteiger partial charge in [-0.3, -0.25) is 4.79 Å². The molecule has 1 saturated heterocycles. The predicted octanol–water partition coefficient (Wildman–Crippen LogP) is 3.96. The van der Waals surface area contributed by atoms with E-state index in [-0.39, 0.29) is 5.91 Å². The van der Waals surface area contributed by atoms with Gasteiger partial charge in [-0.15, -0.1) is 0 Å². The topological polar surface area (TPSA) is 32.8 Å². The van der Waals surface area contributed by atoms with E-state index in [1.54, 1.807) is 25.3 Å². The maximum Gasteiger partial charge on any atom is 0.255 e. The number of benzene rings is 2. The van der Waals surface area contributed by atoms with E-state index < -0.39 is 0 Å². The van der Waals surface area contributed by atoms with Gasteiger partial charge in [0.1, 0.15) is 5.75 Å². The Morgan fingerprint density at radius 3 is 2.29 bits per heavy atom. The quantitative estimate of drug-likeness (QED) is 0.825. The first-order valence-corrected chi connectivity index (χ1v) is 8.47. The third-order valence-electron chi connectivity index (χ3n) is 4.16. The number of halogens is 2. The fourth-order valence-corrected chi connectivity index (χ4v) is 3.16. The Bertz CT molecular complexity index is 726. The summed E-state index contributed by atoms with van der Waals surface area (Å²) in [6.07, 6.45) is 0. The second-order valence-electron chi connectivity index (χ2n) is 5.60. The molecule has 126 valence electrons. The number of hydrogen-bond donors (Lipinski definition) is 0. The molecule has 1 heterocycles. The van der Waals surface area contributed by atoms with E-state index in [0.29, 0.717) is 28.7 Å². The van der Waals surface area contributed by atoms with Crippen molar-refractivity contribution in [1.82, 2.24) is 4.90 Å². The van der Waals surface area contributed by atoms with Crippen molar-refractivity contribution in [3.63, 3.8) is 0 Å². The molecule has 0 atom stereocenters. The Labute approximate surface area is 151 Å². The molecule has 1 aliphatic heterocycles. The van der Waals surface area contributed by atoms with E-state index in [2.05, 4.69) is 4.90 Å². The summed E-state index contributed by atoms with van der Waals surface area (Å²) in [6.45, 7) is 2.84. The summed E-state index contributed by atoms with van der Waals surface area (Å²) in [5, 5.41) is 0.946. The molecular formula is C18H18Cl2N2O2. The number of hydrogen-bond acceptors (Lipinski definition) is 3. The molecule has 0 aliphatic carbocycles. The third-order valence-corrected chi connectivity index (χ3v) is 4.73. The molecule has 4 nitrogen and oxygen atoms in total. The van der Waals surface area contributed by atoms with Gasteiger partial charge in [-0.05, 0) is 42.5 Å². The van der Waals surface area contributed by atoms with E-state index in [1.807, 2.05) is 29.2 Å². The van der Waals surface area contributed by atoms with Crippen molar-refractivity contribution in [2.75, 3.05) is 38.2 Å². The number of methoxy groups -OCH3 is 1. The zero-order chi connectivity index (χ0) is 17.1. The van der Waals surface area contributed by atoms with E-state index in [9.17, 15) is 4.79 Å². The van der Waals surface area contributed by atoms with Crippen molar-refractivity contribution >= 4 is 34.8 Å². The Kier molecular flexibility index (Phi) is 5.17. The molecule has 3 rings (SSSR count). The van der Waals surface area contributed by atoms with Gasteiger partial charge >= 0.3 is 0 Å². The molecule has 1 aliphatic rings. The van der Waals surface area contributed by atoms with Crippen molar-refractivity contribution in [3.8, 4) is 5.75 Å². The number of carbonyl (C=O) groups excluding carboxylic acids is 1. The molecule has 0 saturated carbocycles. The molecule has 6 heteroatoms. The lowest BCUT2D eigenvalue weighted by atomic mass is 10.1. The molecule has 1 fully saturated rings. The summed E-state index contributed by atoms with van der Waals surface area (Å²) >= 11 is 12.1. The van der Waals surface area contributed by atoms with Crippen LogP contribution < -0.4 is 9.64 Å². The van der Waals surface area contributed by atoms with E-state index in [4.69, 9.17) is 27.9 Å². The van der Waals surface area contributed by atoms with Gasteiger partial charge in [-0.2, -0.15) is 0 Å². The molecular weight excluding hydrogens is 347 g/mol. The lowest BCUT2D eigenvalue weighted by molar-refractivity contribution is 0.0747. The summed E-state index contributed by atoms with van der Waals surface area (Å²) in [5.74, 6) is 0.764. The van der Waals surface area contributed by atoms with Crippen LogP contribution in [0.1, 0.15) is 10.4 Å². The molecule has 0 bridgehead atoms. The van der Waals surface area contributed by atoms with Crippen LogP contribution in [0.4, 0.5) is 5.69 Å². The van der Waals surface area contributed by atoms with E-state index in [1.165, 1.54) is 0 Å². The van der Waals surface area contributed by atoms with Crippen LogP contribution in [0.15, 0.2) is 42.5 Å². The maximum atomic E-state index is 12.6. The summed E-state index contributed by atoms with van der Waals surface area (Å²) < 4.78 is 5.18. The van der Waals surface area contributed by atoms with Crippen LogP contribution in [-0.2, 0) is 0 Å². The highest BCUT2D eigenvalue weighted by Crippen LogP contribution is 2.24. The number of rotatable bonds is 3. The number of piperazine rings is 1. The largest absolute Gasteiger partial charge is 0.497 e. The Hall–Kier alpha value is -1.91. The average Bonchev–Trinajstić information content (AvgIpc) is 2.63. The van der Waals surface area contributed by atoms with Crippen LogP contribution in [-0.4, -0.2) is 44.1 Å². The molecule has 24 heavy (non-hydrogen) atoms. The molecule has 2 aromatic rings. The van der Waals surface area contributed by atoms with E-state index >= 15 is 0 Å². The van der Waals surface area contributed by atoms with Gasteiger partial charge in [0.05, 0.1) is 17.7 Å². The minimum atomic E-state index is -0.0723. The summed E-state index contributed by atoms with van der Waals surface area (Å²) in [7, 11) is 1.65. The first-order valence-electron chi connectivity index (χ1n) is 7.72. The van der Waals surface area contributed by atoms with Gasteiger partial charge < -0.3 is 14.5 Å². The minimum absolute atomic E-state index is 0.0723. The number of amides is 1. The van der Waals surface area contributed by atoms with Crippen LogP contribution in [0, 0.1) is 0 Å². The van der Waals surface area contributed by atoms with Gasteiger partial charge in [0.2, 0.25) is 0 Å². The Balaban J connectivity index is 1.65. The summed E-state index contributed by atoms with van der Waals surface area (Å²) in [5.41, 5.74) is 1.59. The summed E-state index contributed by atoms with van der Waals surface area (Å²) in [6, 6.07) is 12.9. The molecule has 2 aromatic carbocycles. The Morgan fingerprint density at radius 2 is 1.67 bits per heavy atom. The maximum absolute atomic E-state index is 12.6. The highest BCUT2D eigenvalue weighted by molar-refractivity contribution is 6.35. The highest BCUT2D eigenvalue weighted by atomic mass is 35.5. The number of ether oxygens (including phenoxy) is 1. The zero-order valence-corrected chi connectivity index (χ0v) is 14.8. The lowest BCUT2D eigenvalue weighted by Gasteiger charge is -2.36. The number of carbonyl (C=O) groups is 1. The molecule has 0 radical (unpaired) electrons. The predicted molar refractivity (Wildman–Crippen MR) is 97.6 cm³/mol. The van der Waals surface area contributed by atoms with Gasteiger partial charge in [-0.1, -0.05) is 23.2 Å². The molecule has 1 amide bonds. The fraction of sp³-hybridized carbons (Fsp3) is 0.278. The van der Waals surface area contributed by atoms with Gasteiger partial charge in [0.25, 0.3) is 5.91 Å². The van der Waals surface area contributed by atoms with Crippen molar-refractivity contribution in [1.29, 1.82) is 0 Å². The van der Waals surface area contributed by atoms with Gasteiger partial charge in [-0.25, -0.2) is 0 Å². The van der Waals surface area contributed by atoms with Crippen LogP contribution >= 0.6 is 23.2 Å². The highest BCUT2D eigenvalue weighted by Gasteiger charge is 2.24. The van der Waals surface area contributed by atoms with Crippen LogP contribution in [0.2, 0.25) is 10.0 Å². The number of anilines is 1. The van der Waals surface area contributed by atoms with Gasteiger partial charge in [0, 0.05) is 36.9 Å². The van der Waals surface area contributed by atoms with Crippen molar-refractivity contribution < 1.29 is 9.53 Å². The lowest BCUT2D eigenvalue weighted by Crippen LogP contribution is -2.48.